The standard InChI is InChI=1S/C66H42N4S/c1-41-28-32-46(33-29-41)69-57-25-13-9-20-47(57)50-38-44(31-36-58(50)69)45-30-34-53-60(39-45)70(65-67-55(42-16-4-2-5-17-42)40-56(68-65)43-18-6-3-7-19-43)59-26-14-12-24-52(59)66(53)51-23-11-8-21-48(51)63-54(66)35-37-62-64(63)49-22-10-15-27-61(49)71-62/h2-40H,1H3. The van der Waals surface area contributed by atoms with Crippen LogP contribution in [-0.4, -0.2) is 14.5 Å². The fourth-order valence-electron chi connectivity index (χ4n) is 12.0. The lowest BCUT2D eigenvalue weighted by Crippen LogP contribution is -2.36. The second kappa shape index (κ2) is 15.3. The normalized spacial score (nSPS) is 14.6. The van der Waals surface area contributed by atoms with Gasteiger partial charge in [-0.1, -0.05) is 181 Å². The number of hydrogen-bond donors (Lipinski definition) is 0. The number of aromatic nitrogens is 3. The summed E-state index contributed by atoms with van der Waals surface area (Å²) in [5.41, 5.74) is 19.8. The summed E-state index contributed by atoms with van der Waals surface area (Å²) < 4.78 is 5.00. The molecular formula is C66H42N4S. The summed E-state index contributed by atoms with van der Waals surface area (Å²) in [4.78, 5) is 13.4. The molecule has 1 aliphatic carbocycles. The van der Waals surface area contributed by atoms with E-state index in [1.165, 1.54) is 80.9 Å². The predicted molar refractivity (Wildman–Crippen MR) is 296 cm³/mol. The lowest BCUT2D eigenvalue weighted by Gasteiger charge is -2.44. The molecule has 4 nitrogen and oxygen atoms in total. The van der Waals surface area contributed by atoms with E-state index in [1.54, 1.807) is 0 Å². The first kappa shape index (κ1) is 40.0. The SMILES string of the molecule is Cc1ccc(-n2c3ccccc3c3cc(-c4ccc5c(c4)N(c4nc(-c6ccccc6)cc(-c6ccccc6)n4)c4ccccc4C54c5ccccc5-c5c4ccc4sc6ccccc6c54)ccc32)cc1. The van der Waals surface area contributed by atoms with E-state index in [0.717, 1.165) is 50.7 Å². The summed E-state index contributed by atoms with van der Waals surface area (Å²) in [7, 11) is 0. The number of fused-ring (bicyclic) bond motifs is 16. The van der Waals surface area contributed by atoms with Gasteiger partial charge in [-0.3, -0.25) is 4.90 Å². The van der Waals surface area contributed by atoms with E-state index in [2.05, 4.69) is 253 Å². The maximum atomic E-state index is 5.55. The third-order valence-corrected chi connectivity index (χ3v) is 16.2. The van der Waals surface area contributed by atoms with Crippen LogP contribution in [0.25, 0.3) is 92.4 Å². The molecule has 2 aliphatic rings. The van der Waals surface area contributed by atoms with Crippen molar-refractivity contribution in [1.82, 2.24) is 14.5 Å². The van der Waals surface area contributed by atoms with Crippen LogP contribution in [0.15, 0.2) is 237 Å². The molecule has 0 saturated carbocycles. The van der Waals surface area contributed by atoms with Gasteiger partial charge in [-0.15, -0.1) is 11.3 Å². The quantitative estimate of drug-likeness (QED) is 0.172. The molecule has 0 N–H and O–H groups in total. The molecule has 0 amide bonds. The average molecular weight is 923 g/mol. The van der Waals surface area contributed by atoms with E-state index in [-0.39, 0.29) is 0 Å². The summed E-state index contributed by atoms with van der Waals surface area (Å²) in [6.45, 7) is 2.14. The van der Waals surface area contributed by atoms with Crippen molar-refractivity contribution in [2.24, 2.45) is 0 Å². The van der Waals surface area contributed by atoms with Crippen molar-refractivity contribution in [3.8, 4) is 50.5 Å². The van der Waals surface area contributed by atoms with E-state index in [4.69, 9.17) is 9.97 Å². The molecule has 3 aromatic heterocycles. The molecule has 0 fully saturated rings. The van der Waals surface area contributed by atoms with Crippen molar-refractivity contribution in [1.29, 1.82) is 0 Å². The molecule has 1 aliphatic heterocycles. The molecule has 0 bridgehead atoms. The Balaban J connectivity index is 1.03. The lowest BCUT2D eigenvalue weighted by atomic mass is 9.64. The predicted octanol–water partition coefficient (Wildman–Crippen LogP) is 17.4. The second-order valence-corrected chi connectivity index (χ2v) is 20.0. The van der Waals surface area contributed by atoms with Crippen molar-refractivity contribution < 1.29 is 0 Å². The van der Waals surface area contributed by atoms with Crippen LogP contribution >= 0.6 is 11.3 Å². The molecule has 1 spiro atoms. The van der Waals surface area contributed by atoms with E-state index >= 15 is 0 Å². The van der Waals surface area contributed by atoms with Gasteiger partial charge in [-0.2, -0.15) is 0 Å². The highest BCUT2D eigenvalue weighted by atomic mass is 32.1. The fourth-order valence-corrected chi connectivity index (χ4v) is 13.1. The Bertz CT molecular complexity index is 4240. The third kappa shape index (κ3) is 5.78. The highest BCUT2D eigenvalue weighted by Gasteiger charge is 2.52. The molecule has 71 heavy (non-hydrogen) atoms. The average Bonchev–Trinajstić information content (AvgIpc) is 4.09. The van der Waals surface area contributed by atoms with Gasteiger partial charge in [0.1, 0.15) is 0 Å². The number of thiophene rings is 1. The van der Waals surface area contributed by atoms with Crippen molar-refractivity contribution >= 4 is 70.6 Å². The van der Waals surface area contributed by atoms with Crippen LogP contribution < -0.4 is 4.90 Å². The van der Waals surface area contributed by atoms with Gasteiger partial charge in [-0.05, 0) is 112 Å². The van der Waals surface area contributed by atoms with Crippen LogP contribution in [0.2, 0.25) is 0 Å². The molecule has 1 atom stereocenters. The molecule has 15 rings (SSSR count). The minimum absolute atomic E-state index is 0.619. The van der Waals surface area contributed by atoms with Gasteiger partial charge >= 0.3 is 0 Å². The van der Waals surface area contributed by atoms with Crippen LogP contribution in [0.1, 0.15) is 27.8 Å². The minimum Gasteiger partial charge on any atom is -0.309 e. The maximum absolute atomic E-state index is 5.55. The fraction of sp³-hybridized carbons (Fsp3) is 0.0303. The first-order chi connectivity index (χ1) is 35.1. The van der Waals surface area contributed by atoms with Crippen LogP contribution in [0.3, 0.4) is 0 Å². The summed E-state index contributed by atoms with van der Waals surface area (Å²) in [6.07, 6.45) is 0. The molecular weight excluding hydrogens is 881 g/mol. The van der Waals surface area contributed by atoms with E-state index in [9.17, 15) is 0 Å². The van der Waals surface area contributed by atoms with Gasteiger partial charge in [-0.25, -0.2) is 9.97 Å². The van der Waals surface area contributed by atoms with Gasteiger partial charge < -0.3 is 4.57 Å². The topological polar surface area (TPSA) is 34.0 Å². The van der Waals surface area contributed by atoms with Crippen LogP contribution in [0, 0.1) is 6.92 Å². The Morgan fingerprint density at radius 3 is 1.80 bits per heavy atom. The molecule has 1 unspecified atom stereocenters. The zero-order valence-corrected chi connectivity index (χ0v) is 39.5. The molecule has 4 heterocycles. The summed E-state index contributed by atoms with van der Waals surface area (Å²) >= 11 is 1.88. The van der Waals surface area contributed by atoms with Gasteiger partial charge in [0, 0.05) is 47.8 Å². The number of rotatable bonds is 5. The Morgan fingerprint density at radius 1 is 0.408 bits per heavy atom. The monoisotopic (exact) mass is 922 g/mol. The number of aryl methyl sites for hydroxylation is 1. The third-order valence-electron chi connectivity index (χ3n) is 15.1. The number of nitrogens with zero attached hydrogens (tertiary/aromatic N) is 4. The molecule has 13 aromatic rings. The maximum Gasteiger partial charge on any atom is 0.235 e. The largest absolute Gasteiger partial charge is 0.309 e. The molecule has 0 saturated heterocycles. The second-order valence-electron chi connectivity index (χ2n) is 18.9. The Labute approximate surface area is 415 Å². The van der Waals surface area contributed by atoms with Crippen LogP contribution in [-0.2, 0) is 5.41 Å². The molecule has 332 valence electrons. The van der Waals surface area contributed by atoms with Crippen molar-refractivity contribution in [2.45, 2.75) is 12.3 Å². The Hall–Kier alpha value is -8.90. The first-order valence-corrected chi connectivity index (χ1v) is 25.1. The van der Waals surface area contributed by atoms with Crippen molar-refractivity contribution in [3.63, 3.8) is 0 Å². The lowest BCUT2D eigenvalue weighted by molar-refractivity contribution is 0.750. The minimum atomic E-state index is -0.658. The summed E-state index contributed by atoms with van der Waals surface area (Å²) in [5.74, 6) is 0.619. The first-order valence-electron chi connectivity index (χ1n) is 24.3. The van der Waals surface area contributed by atoms with Gasteiger partial charge in [0.2, 0.25) is 5.95 Å². The van der Waals surface area contributed by atoms with Gasteiger partial charge in [0.25, 0.3) is 0 Å². The van der Waals surface area contributed by atoms with Crippen molar-refractivity contribution in [3.05, 3.63) is 264 Å². The highest BCUT2D eigenvalue weighted by Crippen LogP contribution is 2.65. The van der Waals surface area contributed by atoms with E-state index < -0.39 is 5.41 Å². The number of anilines is 3. The van der Waals surface area contributed by atoms with E-state index in [1.807, 2.05) is 11.3 Å². The highest BCUT2D eigenvalue weighted by molar-refractivity contribution is 7.26. The molecule has 10 aromatic carbocycles. The summed E-state index contributed by atoms with van der Waals surface area (Å²) in [5, 5.41) is 5.07. The number of para-hydroxylation sites is 2. The number of hydrogen-bond acceptors (Lipinski definition) is 4. The molecule has 0 radical (unpaired) electrons. The van der Waals surface area contributed by atoms with Crippen molar-refractivity contribution in [2.75, 3.05) is 4.90 Å². The van der Waals surface area contributed by atoms with E-state index in [0.29, 0.717) is 5.95 Å². The zero-order valence-electron chi connectivity index (χ0n) is 38.7. The van der Waals surface area contributed by atoms with Gasteiger partial charge in [0.15, 0.2) is 0 Å². The van der Waals surface area contributed by atoms with Crippen LogP contribution in [0.5, 0.6) is 0 Å². The smallest absolute Gasteiger partial charge is 0.235 e. The van der Waals surface area contributed by atoms with Gasteiger partial charge in [0.05, 0.1) is 39.2 Å². The zero-order chi connectivity index (χ0) is 46.8. The summed E-state index contributed by atoms with van der Waals surface area (Å²) in [6, 6.07) is 86.8. The molecule has 5 heteroatoms. The Morgan fingerprint density at radius 2 is 1.01 bits per heavy atom. The Kier molecular flexibility index (Phi) is 8.63. The van der Waals surface area contributed by atoms with Crippen LogP contribution in [0.4, 0.5) is 17.3 Å². The number of benzene rings is 10.